The second kappa shape index (κ2) is 5.22. The molecule has 2 saturated heterocycles. The molecule has 0 bridgehead atoms. The number of carbonyl (C=O) groups excluding carboxylic acids is 3. The van der Waals surface area contributed by atoms with E-state index in [9.17, 15) is 19.5 Å². The summed E-state index contributed by atoms with van der Waals surface area (Å²) in [6.45, 7) is 3.70. The molecule has 0 spiro atoms. The number of hydrogen-bond donors (Lipinski definition) is 1. The summed E-state index contributed by atoms with van der Waals surface area (Å²) in [6.07, 6.45) is 1.58. The number of Topliss-reactive ketones (excluding diaryl/α,β-unsaturated/α-hetero) is 1. The molecule has 144 valence electrons. The summed E-state index contributed by atoms with van der Waals surface area (Å²) in [5.74, 6) is -2.73. The third-order valence-corrected chi connectivity index (χ3v) is 7.55. The predicted octanol–water partition coefficient (Wildman–Crippen LogP) is 1.79. The van der Waals surface area contributed by atoms with Crippen molar-refractivity contribution in [1.82, 2.24) is 0 Å². The zero-order valence-electron chi connectivity index (χ0n) is 15.2. The topological polar surface area (TPSA) is 103 Å². The van der Waals surface area contributed by atoms with Crippen LogP contribution in [-0.4, -0.2) is 35.0 Å². The molecular weight excluding hydrogens is 352 g/mol. The van der Waals surface area contributed by atoms with Crippen LogP contribution in [0.5, 0.6) is 0 Å². The third-order valence-electron chi connectivity index (χ3n) is 7.55. The molecule has 27 heavy (non-hydrogen) atoms. The Morgan fingerprint density at radius 2 is 1.93 bits per heavy atom. The molecule has 0 amide bonds. The van der Waals surface area contributed by atoms with Crippen LogP contribution in [0, 0.1) is 28.6 Å². The minimum absolute atomic E-state index is 0.0424. The Hall–Kier alpha value is -2.15. The molecule has 1 aromatic heterocycles. The Bertz CT molecular complexity index is 829. The van der Waals surface area contributed by atoms with Gasteiger partial charge in [-0.05, 0) is 31.2 Å². The molecule has 2 saturated carbocycles. The predicted molar refractivity (Wildman–Crippen MR) is 89.0 cm³/mol. The van der Waals surface area contributed by atoms with Crippen molar-refractivity contribution >= 4 is 17.7 Å². The molecule has 4 fully saturated rings. The maximum Gasteiger partial charge on any atom is 0.312 e. The van der Waals surface area contributed by atoms with Crippen molar-refractivity contribution in [2.45, 2.75) is 51.4 Å². The minimum atomic E-state index is -1.18. The number of ether oxygens (including phenoxy) is 2. The van der Waals surface area contributed by atoms with Crippen LogP contribution >= 0.6 is 0 Å². The SMILES string of the molecule is CC12CCC(=O)C3C1C(OC2=O)C(O)C1C(=O)OC(c2ccoc2)CC13C. The highest BCUT2D eigenvalue weighted by Gasteiger charge is 2.73. The number of cyclic esters (lactones) is 1. The molecule has 2 aliphatic heterocycles. The maximum atomic E-state index is 13.0. The van der Waals surface area contributed by atoms with Crippen molar-refractivity contribution in [2.24, 2.45) is 28.6 Å². The number of furan rings is 1. The molecule has 3 heterocycles. The highest BCUT2D eigenvalue weighted by molar-refractivity contribution is 5.91. The summed E-state index contributed by atoms with van der Waals surface area (Å²) in [5, 5.41) is 11.0. The lowest BCUT2D eigenvalue weighted by atomic mass is 9.45. The lowest BCUT2D eigenvalue weighted by molar-refractivity contribution is -0.220. The molecule has 0 radical (unpaired) electrons. The van der Waals surface area contributed by atoms with Crippen molar-refractivity contribution in [2.75, 3.05) is 0 Å². The molecule has 8 unspecified atom stereocenters. The first-order valence-corrected chi connectivity index (χ1v) is 9.42. The molecule has 8 atom stereocenters. The first-order chi connectivity index (χ1) is 12.8. The third kappa shape index (κ3) is 1.98. The summed E-state index contributed by atoms with van der Waals surface area (Å²) < 4.78 is 16.2. The van der Waals surface area contributed by atoms with Gasteiger partial charge in [-0.15, -0.1) is 0 Å². The fraction of sp³-hybridized carbons (Fsp3) is 0.650. The van der Waals surface area contributed by atoms with Gasteiger partial charge >= 0.3 is 11.9 Å². The lowest BCUT2D eigenvalue weighted by Gasteiger charge is -2.58. The summed E-state index contributed by atoms with van der Waals surface area (Å²) in [6, 6.07) is 1.73. The number of carbonyl (C=O) groups is 3. The number of ketones is 1. The summed E-state index contributed by atoms with van der Waals surface area (Å²) in [7, 11) is 0. The number of esters is 2. The van der Waals surface area contributed by atoms with Crippen molar-refractivity contribution in [3.63, 3.8) is 0 Å². The van der Waals surface area contributed by atoms with Crippen LogP contribution < -0.4 is 0 Å². The van der Waals surface area contributed by atoms with E-state index < -0.39 is 52.9 Å². The van der Waals surface area contributed by atoms with E-state index >= 15 is 0 Å². The fourth-order valence-electron chi connectivity index (χ4n) is 6.19. The van der Waals surface area contributed by atoms with E-state index in [4.69, 9.17) is 13.9 Å². The van der Waals surface area contributed by atoms with E-state index in [1.807, 2.05) is 13.8 Å². The average molecular weight is 374 g/mol. The number of aliphatic hydroxyl groups excluding tert-OH is 1. The zero-order chi connectivity index (χ0) is 19.1. The van der Waals surface area contributed by atoms with Gasteiger partial charge in [0, 0.05) is 23.8 Å². The van der Waals surface area contributed by atoms with E-state index in [1.54, 1.807) is 6.07 Å². The molecule has 5 rings (SSSR count). The van der Waals surface area contributed by atoms with Crippen molar-refractivity contribution in [3.05, 3.63) is 24.2 Å². The summed E-state index contributed by atoms with van der Waals surface area (Å²) in [5.41, 5.74) is -0.889. The summed E-state index contributed by atoms with van der Waals surface area (Å²) >= 11 is 0. The highest BCUT2D eigenvalue weighted by atomic mass is 16.6. The van der Waals surface area contributed by atoms with Gasteiger partial charge in [-0.25, -0.2) is 0 Å². The van der Waals surface area contributed by atoms with Gasteiger partial charge < -0.3 is 19.0 Å². The second-order valence-corrected chi connectivity index (χ2v) is 8.92. The molecule has 1 N–H and O–H groups in total. The minimum Gasteiger partial charge on any atom is -0.472 e. The monoisotopic (exact) mass is 374 g/mol. The van der Waals surface area contributed by atoms with Gasteiger partial charge in [-0.3, -0.25) is 14.4 Å². The van der Waals surface area contributed by atoms with Gasteiger partial charge in [-0.2, -0.15) is 0 Å². The fourth-order valence-corrected chi connectivity index (χ4v) is 6.19. The first-order valence-electron chi connectivity index (χ1n) is 9.42. The number of rotatable bonds is 1. The Morgan fingerprint density at radius 1 is 1.15 bits per heavy atom. The molecule has 7 heteroatoms. The quantitative estimate of drug-likeness (QED) is 0.748. The molecular formula is C20H22O7. The number of hydrogen-bond acceptors (Lipinski definition) is 7. The van der Waals surface area contributed by atoms with Crippen molar-refractivity contribution in [1.29, 1.82) is 0 Å². The summed E-state index contributed by atoms with van der Waals surface area (Å²) in [4.78, 5) is 38.5. The van der Waals surface area contributed by atoms with E-state index in [1.165, 1.54) is 12.5 Å². The first kappa shape index (κ1) is 17.0. The second-order valence-electron chi connectivity index (χ2n) is 8.92. The molecule has 1 aromatic rings. The van der Waals surface area contributed by atoms with E-state index in [-0.39, 0.29) is 18.2 Å². The molecule has 0 aromatic carbocycles. The molecule has 7 nitrogen and oxygen atoms in total. The zero-order valence-corrected chi connectivity index (χ0v) is 15.2. The van der Waals surface area contributed by atoms with Crippen molar-refractivity contribution in [3.8, 4) is 0 Å². The van der Waals surface area contributed by atoms with Crippen LogP contribution in [0.2, 0.25) is 0 Å². The van der Waals surface area contributed by atoms with Crippen LogP contribution in [0.25, 0.3) is 0 Å². The van der Waals surface area contributed by atoms with Crippen LogP contribution in [0.15, 0.2) is 23.0 Å². The Labute approximate surface area is 156 Å². The van der Waals surface area contributed by atoms with Crippen LogP contribution in [0.1, 0.15) is 44.8 Å². The lowest BCUT2D eigenvalue weighted by Crippen LogP contribution is -2.66. The van der Waals surface area contributed by atoms with Crippen LogP contribution in [0.4, 0.5) is 0 Å². The van der Waals surface area contributed by atoms with Crippen LogP contribution in [-0.2, 0) is 23.9 Å². The van der Waals surface area contributed by atoms with Crippen molar-refractivity contribution < 1.29 is 33.4 Å². The number of fused-ring (bicyclic) bond motifs is 2. The number of aliphatic hydroxyl groups is 1. The standard InChI is InChI=1S/C20H22O7/c1-19-5-3-10(21)12-13(19)16(27-18(19)24)15(22)14-17(23)26-11(7-20(12,14)2)9-4-6-25-8-9/h4,6,8,11-16,22H,3,5,7H2,1-2H3. The largest absolute Gasteiger partial charge is 0.472 e. The van der Waals surface area contributed by atoms with Gasteiger partial charge in [0.25, 0.3) is 0 Å². The molecule has 2 aliphatic carbocycles. The normalized spacial score (nSPS) is 48.5. The Balaban J connectivity index is 1.64. The van der Waals surface area contributed by atoms with Gasteiger partial charge in [0.2, 0.25) is 0 Å². The van der Waals surface area contributed by atoms with Gasteiger partial charge in [0.1, 0.15) is 24.1 Å². The smallest absolute Gasteiger partial charge is 0.312 e. The van der Waals surface area contributed by atoms with Crippen LogP contribution in [0.3, 0.4) is 0 Å². The maximum absolute atomic E-state index is 13.0. The van der Waals surface area contributed by atoms with Gasteiger partial charge in [-0.1, -0.05) is 6.92 Å². The molecule has 4 aliphatic rings. The highest BCUT2D eigenvalue weighted by Crippen LogP contribution is 2.65. The van der Waals surface area contributed by atoms with E-state index in [2.05, 4.69) is 0 Å². The van der Waals surface area contributed by atoms with Gasteiger partial charge in [0.05, 0.1) is 23.9 Å². The average Bonchev–Trinajstić information content (AvgIpc) is 3.22. The van der Waals surface area contributed by atoms with E-state index in [0.717, 1.165) is 5.56 Å². The van der Waals surface area contributed by atoms with E-state index in [0.29, 0.717) is 12.8 Å². The Kier molecular flexibility index (Phi) is 3.28. The van der Waals surface area contributed by atoms with Gasteiger partial charge in [0.15, 0.2) is 0 Å². The Morgan fingerprint density at radius 3 is 2.63 bits per heavy atom.